The topological polar surface area (TPSA) is 47.1 Å². The van der Waals surface area contributed by atoms with Gasteiger partial charge in [-0.25, -0.2) is 4.98 Å². The van der Waals surface area contributed by atoms with Crippen LogP contribution < -0.4 is 14.4 Å². The smallest absolute Gasteiger partial charge is 0.186 e. The molecule has 0 unspecified atom stereocenters. The number of hydrogen-bond donors (Lipinski definition) is 0. The van der Waals surface area contributed by atoms with Gasteiger partial charge in [-0.15, -0.1) is 11.3 Å². The van der Waals surface area contributed by atoms with E-state index in [0.29, 0.717) is 6.04 Å². The maximum Gasteiger partial charge on any atom is 0.186 e. The maximum atomic E-state index is 5.52. The van der Waals surface area contributed by atoms with Crippen molar-refractivity contribution in [1.29, 1.82) is 0 Å². The van der Waals surface area contributed by atoms with Gasteiger partial charge >= 0.3 is 0 Å². The lowest BCUT2D eigenvalue weighted by Crippen LogP contribution is -2.36. The maximum absolute atomic E-state index is 5.52. The van der Waals surface area contributed by atoms with Gasteiger partial charge in [-0.2, -0.15) is 0 Å². The lowest BCUT2D eigenvalue weighted by Gasteiger charge is -2.30. The standard InChI is InChI=1S/C26H33N3O3S/c1-28(23-10-12-32-13-11-23)18-22-19-33-26(27-22)29(16-20-6-4-8-24(14-20)30-2)17-21-7-5-9-25(15-21)31-3/h4-9,14-15,19,23H,10-13,16-18H2,1-3H3. The minimum Gasteiger partial charge on any atom is -0.497 e. The van der Waals surface area contributed by atoms with E-state index < -0.39 is 0 Å². The van der Waals surface area contributed by atoms with E-state index in [1.807, 2.05) is 24.3 Å². The third-order valence-corrected chi connectivity index (χ3v) is 7.00. The van der Waals surface area contributed by atoms with Crippen molar-refractivity contribution >= 4 is 16.5 Å². The summed E-state index contributed by atoms with van der Waals surface area (Å²) in [7, 11) is 5.60. The molecule has 176 valence electrons. The Morgan fingerprint density at radius 1 is 0.939 bits per heavy atom. The van der Waals surface area contributed by atoms with Crippen LogP contribution in [0.2, 0.25) is 0 Å². The third kappa shape index (κ3) is 6.47. The van der Waals surface area contributed by atoms with Crippen molar-refractivity contribution in [3.8, 4) is 11.5 Å². The number of hydrogen-bond acceptors (Lipinski definition) is 7. The van der Waals surface area contributed by atoms with Crippen molar-refractivity contribution < 1.29 is 14.2 Å². The highest BCUT2D eigenvalue weighted by Gasteiger charge is 2.20. The van der Waals surface area contributed by atoms with Crippen LogP contribution >= 0.6 is 11.3 Å². The summed E-state index contributed by atoms with van der Waals surface area (Å²) in [5, 5.41) is 3.21. The average Bonchev–Trinajstić information content (AvgIpc) is 3.33. The van der Waals surface area contributed by atoms with Gasteiger partial charge in [-0.3, -0.25) is 4.90 Å². The molecule has 1 saturated heterocycles. The molecule has 1 aromatic heterocycles. The van der Waals surface area contributed by atoms with Crippen molar-refractivity contribution in [2.24, 2.45) is 0 Å². The van der Waals surface area contributed by atoms with Gasteiger partial charge in [0, 0.05) is 44.3 Å². The Bertz CT molecular complexity index is 970. The summed E-state index contributed by atoms with van der Waals surface area (Å²) in [6.07, 6.45) is 2.18. The predicted molar refractivity (Wildman–Crippen MR) is 133 cm³/mol. The first kappa shape index (κ1) is 23.5. The van der Waals surface area contributed by atoms with Gasteiger partial charge in [0.05, 0.1) is 19.9 Å². The van der Waals surface area contributed by atoms with Crippen LogP contribution in [0, 0.1) is 0 Å². The lowest BCUT2D eigenvalue weighted by atomic mass is 10.1. The summed E-state index contributed by atoms with van der Waals surface area (Å²) in [4.78, 5) is 9.77. The zero-order chi connectivity index (χ0) is 23.0. The highest BCUT2D eigenvalue weighted by molar-refractivity contribution is 7.13. The normalized spacial score (nSPS) is 14.4. The summed E-state index contributed by atoms with van der Waals surface area (Å²) in [5.74, 6) is 1.73. The highest BCUT2D eigenvalue weighted by Crippen LogP contribution is 2.27. The number of benzene rings is 2. The lowest BCUT2D eigenvalue weighted by molar-refractivity contribution is 0.0404. The van der Waals surface area contributed by atoms with Crippen LogP contribution in [-0.2, 0) is 24.4 Å². The molecule has 0 radical (unpaired) electrons. The number of thiazole rings is 1. The summed E-state index contributed by atoms with van der Waals surface area (Å²) >= 11 is 1.71. The number of rotatable bonds is 10. The zero-order valence-electron chi connectivity index (χ0n) is 19.7. The van der Waals surface area contributed by atoms with E-state index in [4.69, 9.17) is 19.2 Å². The molecule has 4 rings (SSSR count). The summed E-state index contributed by atoms with van der Waals surface area (Å²) in [6.45, 7) is 4.06. The van der Waals surface area contributed by atoms with E-state index in [1.165, 1.54) is 11.1 Å². The van der Waals surface area contributed by atoms with Gasteiger partial charge in [-0.05, 0) is 55.3 Å². The highest BCUT2D eigenvalue weighted by atomic mass is 32.1. The van der Waals surface area contributed by atoms with E-state index in [9.17, 15) is 0 Å². The fourth-order valence-electron chi connectivity index (χ4n) is 4.20. The second kappa shape index (κ2) is 11.5. The van der Waals surface area contributed by atoms with Crippen molar-refractivity contribution in [2.75, 3.05) is 39.4 Å². The molecule has 3 aromatic rings. The Hall–Kier alpha value is -2.61. The molecule has 2 aromatic carbocycles. The first-order chi connectivity index (χ1) is 16.1. The van der Waals surface area contributed by atoms with Gasteiger partial charge in [0.2, 0.25) is 0 Å². The fourth-order valence-corrected chi connectivity index (χ4v) is 5.02. The van der Waals surface area contributed by atoms with Gasteiger partial charge in [0.15, 0.2) is 5.13 Å². The minimum atomic E-state index is 0.563. The first-order valence-electron chi connectivity index (χ1n) is 11.4. The molecule has 0 atom stereocenters. The Morgan fingerprint density at radius 3 is 2.12 bits per heavy atom. The largest absolute Gasteiger partial charge is 0.497 e. The van der Waals surface area contributed by atoms with Crippen LogP contribution in [-0.4, -0.2) is 50.4 Å². The fraction of sp³-hybridized carbons (Fsp3) is 0.423. The molecule has 0 aliphatic carbocycles. The molecule has 33 heavy (non-hydrogen) atoms. The Kier molecular flexibility index (Phi) is 8.20. The SMILES string of the molecule is COc1cccc(CN(Cc2cccc(OC)c2)c2nc(CN(C)C3CCOCC3)cs2)c1. The summed E-state index contributed by atoms with van der Waals surface area (Å²) in [6, 6.07) is 17.0. The van der Waals surface area contributed by atoms with Crippen LogP contribution in [0.1, 0.15) is 29.7 Å². The molecule has 7 heteroatoms. The first-order valence-corrected chi connectivity index (χ1v) is 12.3. The molecule has 0 amide bonds. The van der Waals surface area contributed by atoms with Gasteiger partial charge in [-0.1, -0.05) is 24.3 Å². The van der Waals surface area contributed by atoms with Crippen molar-refractivity contribution in [3.63, 3.8) is 0 Å². The number of anilines is 1. The zero-order valence-corrected chi connectivity index (χ0v) is 20.5. The van der Waals surface area contributed by atoms with E-state index in [0.717, 1.165) is 68.0 Å². The Labute approximate surface area is 200 Å². The van der Waals surface area contributed by atoms with Crippen molar-refractivity contribution in [3.05, 3.63) is 70.7 Å². The summed E-state index contributed by atoms with van der Waals surface area (Å²) in [5.41, 5.74) is 3.49. The van der Waals surface area contributed by atoms with Crippen molar-refractivity contribution in [2.45, 2.75) is 38.5 Å². The van der Waals surface area contributed by atoms with E-state index in [2.05, 4.69) is 46.5 Å². The van der Waals surface area contributed by atoms with Crippen molar-refractivity contribution in [1.82, 2.24) is 9.88 Å². The molecule has 0 bridgehead atoms. The predicted octanol–water partition coefficient (Wildman–Crippen LogP) is 4.98. The third-order valence-electron chi connectivity index (χ3n) is 6.05. The van der Waals surface area contributed by atoms with Crippen LogP contribution in [0.5, 0.6) is 11.5 Å². The molecule has 1 aliphatic rings. The van der Waals surface area contributed by atoms with Crippen LogP contribution in [0.25, 0.3) is 0 Å². The molecule has 6 nitrogen and oxygen atoms in total. The number of aromatic nitrogens is 1. The Morgan fingerprint density at radius 2 is 1.55 bits per heavy atom. The Balaban J connectivity index is 1.53. The van der Waals surface area contributed by atoms with Crippen LogP contribution in [0.4, 0.5) is 5.13 Å². The number of ether oxygens (including phenoxy) is 3. The monoisotopic (exact) mass is 467 g/mol. The number of methoxy groups -OCH3 is 2. The van der Waals surface area contributed by atoms with Gasteiger partial charge < -0.3 is 19.1 Å². The molecule has 0 N–H and O–H groups in total. The molecule has 0 saturated carbocycles. The van der Waals surface area contributed by atoms with Gasteiger partial charge in [0.1, 0.15) is 11.5 Å². The molecule has 1 fully saturated rings. The molecular formula is C26H33N3O3S. The molecule has 1 aliphatic heterocycles. The van der Waals surface area contributed by atoms with Crippen LogP contribution in [0.15, 0.2) is 53.9 Å². The van der Waals surface area contributed by atoms with Crippen LogP contribution in [0.3, 0.4) is 0 Å². The molecular weight excluding hydrogens is 434 g/mol. The quantitative estimate of drug-likeness (QED) is 0.419. The molecule has 2 heterocycles. The molecule has 0 spiro atoms. The van der Waals surface area contributed by atoms with Gasteiger partial charge in [0.25, 0.3) is 0 Å². The van der Waals surface area contributed by atoms with E-state index in [1.54, 1.807) is 25.6 Å². The van der Waals surface area contributed by atoms with E-state index in [-0.39, 0.29) is 0 Å². The van der Waals surface area contributed by atoms with E-state index >= 15 is 0 Å². The number of nitrogens with zero attached hydrogens (tertiary/aromatic N) is 3. The second-order valence-corrected chi connectivity index (χ2v) is 9.28. The second-order valence-electron chi connectivity index (χ2n) is 8.44. The average molecular weight is 468 g/mol. The summed E-state index contributed by atoms with van der Waals surface area (Å²) < 4.78 is 16.4. The minimum absolute atomic E-state index is 0.563.